The molecule has 0 saturated carbocycles. The van der Waals surface area contributed by atoms with Gasteiger partial charge in [-0.05, 0) is 24.2 Å². The van der Waals surface area contributed by atoms with Gasteiger partial charge in [0.15, 0.2) is 0 Å². The molecule has 80 valence electrons. The summed E-state index contributed by atoms with van der Waals surface area (Å²) < 4.78 is 2.15. The second-order valence-electron chi connectivity index (χ2n) is 3.85. The van der Waals surface area contributed by atoms with E-state index in [1.807, 2.05) is 7.05 Å². The summed E-state index contributed by atoms with van der Waals surface area (Å²) in [5, 5.41) is 4.49. The van der Waals surface area contributed by atoms with Crippen molar-refractivity contribution in [3.8, 4) is 0 Å². The minimum atomic E-state index is 0.600. The highest BCUT2D eigenvalue weighted by molar-refractivity contribution is 5.84. The van der Waals surface area contributed by atoms with Gasteiger partial charge in [-0.1, -0.05) is 12.1 Å². The van der Waals surface area contributed by atoms with Crippen molar-refractivity contribution < 1.29 is 0 Å². The maximum atomic E-state index is 5.63. The fourth-order valence-corrected chi connectivity index (χ4v) is 1.97. The predicted octanol–water partition coefficient (Wildman–Crippen LogP) is 1.36. The van der Waals surface area contributed by atoms with Crippen LogP contribution in [0, 0.1) is 0 Å². The molecule has 0 saturated heterocycles. The first-order valence-corrected chi connectivity index (χ1v) is 5.17. The lowest BCUT2D eigenvalue weighted by molar-refractivity contribution is 0.815. The number of fused-ring (bicyclic) bond motifs is 1. The van der Waals surface area contributed by atoms with Gasteiger partial charge < -0.3 is 15.6 Å². The topological polar surface area (TPSA) is 43.0 Å². The molecule has 0 fully saturated rings. The third-order valence-electron chi connectivity index (χ3n) is 2.74. The molecule has 3 heteroatoms. The molecule has 3 nitrogen and oxygen atoms in total. The maximum absolute atomic E-state index is 5.63. The van der Waals surface area contributed by atoms with Crippen LogP contribution < -0.4 is 11.1 Å². The molecule has 0 aliphatic carbocycles. The number of nitrogens with two attached hydrogens (primary N) is 1. The Kier molecular flexibility index (Phi) is 2.75. The number of rotatable bonds is 3. The zero-order chi connectivity index (χ0) is 10.8. The molecule has 3 N–H and O–H groups in total. The molecule has 0 aliphatic heterocycles. The second-order valence-corrected chi connectivity index (χ2v) is 3.85. The highest BCUT2D eigenvalue weighted by Crippen LogP contribution is 2.21. The molecule has 0 radical (unpaired) electrons. The highest BCUT2D eigenvalue weighted by Gasteiger charge is 2.05. The van der Waals surface area contributed by atoms with Crippen LogP contribution in [0.4, 0.5) is 0 Å². The molecule has 0 atom stereocenters. The van der Waals surface area contributed by atoms with Crippen LogP contribution in [0.3, 0.4) is 0 Å². The van der Waals surface area contributed by atoms with Gasteiger partial charge in [0.25, 0.3) is 0 Å². The van der Waals surface area contributed by atoms with E-state index in [-0.39, 0.29) is 0 Å². The molecule has 2 aromatic rings. The van der Waals surface area contributed by atoms with E-state index in [1.54, 1.807) is 0 Å². The van der Waals surface area contributed by atoms with Gasteiger partial charge in [0, 0.05) is 37.2 Å². The van der Waals surface area contributed by atoms with Gasteiger partial charge in [0.05, 0.1) is 0 Å². The molecule has 1 aromatic carbocycles. The van der Waals surface area contributed by atoms with Gasteiger partial charge in [0.1, 0.15) is 0 Å². The standard InChI is InChI=1S/C12H17N3/c1-14-7-10-8-15(2)12-5-9(6-13)3-4-11(10)12/h3-5,8,14H,6-7,13H2,1-2H3. The zero-order valence-electron chi connectivity index (χ0n) is 9.25. The van der Waals surface area contributed by atoms with Crippen LogP contribution in [0.2, 0.25) is 0 Å². The molecule has 15 heavy (non-hydrogen) atoms. The number of aryl methyl sites for hydroxylation is 1. The number of nitrogens with one attached hydrogen (secondary N) is 1. The third-order valence-corrected chi connectivity index (χ3v) is 2.74. The quantitative estimate of drug-likeness (QED) is 0.791. The Morgan fingerprint density at radius 1 is 1.40 bits per heavy atom. The average Bonchev–Trinajstić information content (AvgIpc) is 2.56. The molecular formula is C12H17N3. The molecule has 2 rings (SSSR count). The van der Waals surface area contributed by atoms with Crippen LogP contribution in [0.1, 0.15) is 11.1 Å². The van der Waals surface area contributed by atoms with Crippen molar-refractivity contribution in [1.29, 1.82) is 0 Å². The Labute approximate surface area is 89.9 Å². The van der Waals surface area contributed by atoms with Gasteiger partial charge in [-0.2, -0.15) is 0 Å². The number of hydrogen-bond acceptors (Lipinski definition) is 2. The first-order chi connectivity index (χ1) is 7.26. The number of benzene rings is 1. The maximum Gasteiger partial charge on any atom is 0.0484 e. The van der Waals surface area contributed by atoms with E-state index in [0.29, 0.717) is 6.54 Å². The van der Waals surface area contributed by atoms with E-state index < -0.39 is 0 Å². The first-order valence-electron chi connectivity index (χ1n) is 5.17. The molecule has 0 unspecified atom stereocenters. The lowest BCUT2D eigenvalue weighted by Crippen LogP contribution is -2.04. The van der Waals surface area contributed by atoms with Gasteiger partial charge in [0.2, 0.25) is 0 Å². The van der Waals surface area contributed by atoms with E-state index >= 15 is 0 Å². The van der Waals surface area contributed by atoms with Crippen molar-refractivity contribution >= 4 is 10.9 Å². The number of nitrogens with zero attached hydrogens (tertiary/aromatic N) is 1. The van der Waals surface area contributed by atoms with Crippen LogP contribution in [-0.2, 0) is 20.1 Å². The van der Waals surface area contributed by atoms with Gasteiger partial charge in [-0.3, -0.25) is 0 Å². The number of aromatic nitrogens is 1. The van der Waals surface area contributed by atoms with Crippen molar-refractivity contribution in [3.63, 3.8) is 0 Å². The third kappa shape index (κ3) is 1.76. The molecule has 0 bridgehead atoms. The number of hydrogen-bond donors (Lipinski definition) is 2. The molecule has 1 heterocycles. The van der Waals surface area contributed by atoms with Crippen molar-refractivity contribution in [1.82, 2.24) is 9.88 Å². The van der Waals surface area contributed by atoms with Crippen molar-refractivity contribution in [2.45, 2.75) is 13.1 Å². The van der Waals surface area contributed by atoms with Crippen molar-refractivity contribution in [2.75, 3.05) is 7.05 Å². The second kappa shape index (κ2) is 4.04. The van der Waals surface area contributed by atoms with Gasteiger partial charge >= 0.3 is 0 Å². The summed E-state index contributed by atoms with van der Waals surface area (Å²) in [6.07, 6.45) is 2.17. The first kappa shape index (κ1) is 10.2. The van der Waals surface area contributed by atoms with Crippen LogP contribution in [0.25, 0.3) is 10.9 Å². The summed E-state index contributed by atoms with van der Waals surface area (Å²) in [5.41, 5.74) is 9.40. The summed E-state index contributed by atoms with van der Waals surface area (Å²) >= 11 is 0. The molecule has 1 aromatic heterocycles. The Hall–Kier alpha value is -1.32. The van der Waals surface area contributed by atoms with Crippen LogP contribution in [0.15, 0.2) is 24.4 Å². The Balaban J connectivity index is 2.59. The van der Waals surface area contributed by atoms with Crippen molar-refractivity contribution in [2.24, 2.45) is 12.8 Å². The largest absolute Gasteiger partial charge is 0.350 e. The Morgan fingerprint density at radius 3 is 2.87 bits per heavy atom. The summed E-state index contributed by atoms with van der Waals surface area (Å²) in [4.78, 5) is 0. The highest BCUT2D eigenvalue weighted by atomic mass is 14.9. The molecule has 0 aliphatic rings. The van der Waals surface area contributed by atoms with Crippen LogP contribution >= 0.6 is 0 Å². The summed E-state index contributed by atoms with van der Waals surface area (Å²) in [6.45, 7) is 1.50. The lowest BCUT2D eigenvalue weighted by atomic mass is 10.1. The fraction of sp³-hybridized carbons (Fsp3) is 0.333. The monoisotopic (exact) mass is 203 g/mol. The molecular weight excluding hydrogens is 186 g/mol. The Morgan fingerprint density at radius 2 is 2.20 bits per heavy atom. The van der Waals surface area contributed by atoms with E-state index in [2.05, 4.69) is 41.3 Å². The minimum Gasteiger partial charge on any atom is -0.350 e. The van der Waals surface area contributed by atoms with E-state index in [1.165, 1.54) is 22.0 Å². The minimum absolute atomic E-state index is 0.600. The Bertz CT molecular complexity index is 471. The normalized spacial score (nSPS) is 11.1. The summed E-state index contributed by atoms with van der Waals surface area (Å²) in [7, 11) is 4.04. The smallest absolute Gasteiger partial charge is 0.0484 e. The van der Waals surface area contributed by atoms with Crippen LogP contribution in [0.5, 0.6) is 0 Å². The van der Waals surface area contributed by atoms with Crippen molar-refractivity contribution in [3.05, 3.63) is 35.5 Å². The SMILES string of the molecule is CNCc1cn(C)c2cc(CN)ccc12. The predicted molar refractivity (Wildman–Crippen MR) is 63.6 cm³/mol. The lowest BCUT2D eigenvalue weighted by Gasteiger charge is -2.00. The van der Waals surface area contributed by atoms with Gasteiger partial charge in [-0.25, -0.2) is 0 Å². The van der Waals surface area contributed by atoms with E-state index in [4.69, 9.17) is 5.73 Å². The average molecular weight is 203 g/mol. The summed E-state index contributed by atoms with van der Waals surface area (Å²) in [5.74, 6) is 0. The van der Waals surface area contributed by atoms with Gasteiger partial charge in [-0.15, -0.1) is 0 Å². The van der Waals surface area contributed by atoms with E-state index in [9.17, 15) is 0 Å². The summed E-state index contributed by atoms with van der Waals surface area (Å²) in [6, 6.07) is 6.42. The van der Waals surface area contributed by atoms with Crippen LogP contribution in [-0.4, -0.2) is 11.6 Å². The fourth-order valence-electron chi connectivity index (χ4n) is 1.97. The zero-order valence-corrected chi connectivity index (χ0v) is 9.25. The molecule has 0 spiro atoms. The molecule has 0 amide bonds. The van der Waals surface area contributed by atoms with E-state index in [0.717, 1.165) is 6.54 Å².